The molecule has 2 saturated heterocycles. The lowest BCUT2D eigenvalue weighted by molar-refractivity contribution is -0.137. The summed E-state index contributed by atoms with van der Waals surface area (Å²) < 4.78 is 7.08. The van der Waals surface area contributed by atoms with Crippen LogP contribution in [-0.2, 0) is 4.79 Å². The van der Waals surface area contributed by atoms with Crippen LogP contribution in [-0.4, -0.2) is 83.7 Å². The van der Waals surface area contributed by atoms with Gasteiger partial charge < -0.3 is 19.4 Å². The molecule has 0 unspecified atom stereocenters. The first-order valence-corrected chi connectivity index (χ1v) is 11.7. The van der Waals surface area contributed by atoms with E-state index in [9.17, 15) is 4.79 Å². The quantitative estimate of drug-likeness (QED) is 0.621. The third-order valence-electron chi connectivity index (χ3n) is 6.27. The normalized spacial score (nSPS) is 20.4. The lowest BCUT2D eigenvalue weighted by Gasteiger charge is -2.37. The van der Waals surface area contributed by atoms with Gasteiger partial charge in [0.25, 0.3) is 0 Å². The molecule has 8 nitrogen and oxygen atoms in total. The van der Waals surface area contributed by atoms with E-state index in [1.165, 1.54) is 0 Å². The zero-order valence-corrected chi connectivity index (χ0v) is 18.8. The Kier molecular flexibility index (Phi) is 5.54. The Bertz CT molecular complexity index is 1020. The van der Waals surface area contributed by atoms with Crippen LogP contribution in [0.4, 0.5) is 5.13 Å². The van der Waals surface area contributed by atoms with Crippen LogP contribution in [0.2, 0.25) is 0 Å². The van der Waals surface area contributed by atoms with Crippen molar-refractivity contribution in [1.82, 2.24) is 24.4 Å². The van der Waals surface area contributed by atoms with Crippen molar-refractivity contribution in [1.29, 1.82) is 0 Å². The highest BCUT2D eigenvalue weighted by Gasteiger charge is 2.31. The molecule has 2 fully saturated rings. The predicted octanol–water partition coefficient (Wildman–Crippen LogP) is 2.46. The second kappa shape index (κ2) is 8.47. The van der Waals surface area contributed by atoms with E-state index < -0.39 is 0 Å². The van der Waals surface area contributed by atoms with E-state index in [1.807, 2.05) is 39.9 Å². The van der Waals surface area contributed by atoms with Gasteiger partial charge >= 0.3 is 0 Å². The third kappa shape index (κ3) is 4.12. The molecule has 4 heterocycles. The fourth-order valence-electron chi connectivity index (χ4n) is 4.36. The topological polar surface area (TPSA) is 66.2 Å². The molecule has 1 atom stereocenters. The number of hydrogen-bond donors (Lipinski definition) is 0. The molecule has 1 amide bonds. The molecule has 0 radical (unpaired) electrons. The number of aromatic nitrogens is 3. The van der Waals surface area contributed by atoms with Crippen molar-refractivity contribution in [2.24, 2.45) is 5.92 Å². The van der Waals surface area contributed by atoms with Crippen LogP contribution >= 0.6 is 11.3 Å². The molecule has 0 spiro atoms. The van der Waals surface area contributed by atoms with Crippen molar-refractivity contribution < 1.29 is 9.53 Å². The number of anilines is 1. The zero-order chi connectivity index (χ0) is 21.4. The van der Waals surface area contributed by atoms with E-state index in [0.717, 1.165) is 79.2 Å². The lowest BCUT2D eigenvalue weighted by Crippen LogP contribution is -2.51. The van der Waals surface area contributed by atoms with E-state index >= 15 is 0 Å². The van der Waals surface area contributed by atoms with E-state index in [4.69, 9.17) is 14.8 Å². The average Bonchev–Trinajstić information content (AvgIpc) is 3.39. The number of fused-ring (bicyclic) bond motifs is 1. The number of piperidine rings is 1. The molecule has 2 aromatic heterocycles. The predicted molar refractivity (Wildman–Crippen MR) is 122 cm³/mol. The third-order valence-corrected chi connectivity index (χ3v) is 7.26. The summed E-state index contributed by atoms with van der Waals surface area (Å²) in [5.41, 5.74) is 1.94. The van der Waals surface area contributed by atoms with Crippen LogP contribution in [0.15, 0.2) is 30.5 Å². The first-order chi connectivity index (χ1) is 15.1. The molecular weight excluding hydrogens is 412 g/mol. The smallest absolute Gasteiger partial charge is 0.227 e. The van der Waals surface area contributed by atoms with Gasteiger partial charge in [-0.15, -0.1) is 5.10 Å². The number of piperazine rings is 1. The number of likely N-dealkylation sites (N-methyl/N-ethyl adjacent to an activating group) is 1. The standard InChI is InChI=1S/C22H28N6O2S/c1-25-10-12-26(13-11-25)20(29)17-4-3-9-27(14-17)22-24-28-15-19(23-21(28)31-22)16-5-7-18(30-2)8-6-16/h5-8,15,17H,3-4,9-14H2,1-2H3/t17-/m1/s1. The van der Waals surface area contributed by atoms with Gasteiger partial charge in [0.1, 0.15) is 5.75 Å². The number of benzene rings is 1. The SMILES string of the molecule is COc1ccc(-c2cn3nc(N4CCC[C@@H](C(=O)N5CCN(C)CC5)C4)sc3n2)cc1. The van der Waals surface area contributed by atoms with Gasteiger partial charge in [0.15, 0.2) is 0 Å². The number of rotatable bonds is 4. The number of imidazole rings is 1. The van der Waals surface area contributed by atoms with Crippen molar-refractivity contribution in [3.63, 3.8) is 0 Å². The summed E-state index contributed by atoms with van der Waals surface area (Å²) in [5, 5.41) is 5.72. The Labute approximate surface area is 186 Å². The summed E-state index contributed by atoms with van der Waals surface area (Å²) in [5.74, 6) is 1.19. The zero-order valence-electron chi connectivity index (χ0n) is 18.0. The van der Waals surface area contributed by atoms with E-state index in [0.29, 0.717) is 5.91 Å². The first-order valence-electron chi connectivity index (χ1n) is 10.8. The number of carbonyl (C=O) groups excluding carboxylic acids is 1. The largest absolute Gasteiger partial charge is 0.497 e. The minimum Gasteiger partial charge on any atom is -0.497 e. The van der Waals surface area contributed by atoms with Crippen molar-refractivity contribution >= 4 is 27.3 Å². The molecule has 3 aromatic rings. The Morgan fingerprint density at radius 3 is 2.61 bits per heavy atom. The van der Waals surface area contributed by atoms with Crippen molar-refractivity contribution in [2.45, 2.75) is 12.8 Å². The number of amides is 1. The monoisotopic (exact) mass is 440 g/mol. The summed E-state index contributed by atoms with van der Waals surface area (Å²) in [6.45, 7) is 5.28. The summed E-state index contributed by atoms with van der Waals surface area (Å²) >= 11 is 1.59. The summed E-state index contributed by atoms with van der Waals surface area (Å²) in [6.07, 6.45) is 3.95. The maximum absolute atomic E-state index is 13.0. The Hall–Kier alpha value is -2.65. The molecule has 2 aliphatic rings. The van der Waals surface area contributed by atoms with Gasteiger partial charge in [0.2, 0.25) is 16.0 Å². The molecule has 2 aliphatic heterocycles. The van der Waals surface area contributed by atoms with Crippen molar-refractivity contribution in [3.8, 4) is 17.0 Å². The van der Waals surface area contributed by atoms with Crippen LogP contribution in [0.25, 0.3) is 16.2 Å². The lowest BCUT2D eigenvalue weighted by atomic mass is 9.96. The molecule has 0 bridgehead atoms. The van der Waals surface area contributed by atoms with Crippen LogP contribution in [0, 0.1) is 5.92 Å². The minimum atomic E-state index is 0.0586. The van der Waals surface area contributed by atoms with Gasteiger partial charge in [-0.3, -0.25) is 4.79 Å². The van der Waals surface area contributed by atoms with Crippen LogP contribution in [0.3, 0.4) is 0 Å². The van der Waals surface area contributed by atoms with Gasteiger partial charge in [-0.1, -0.05) is 11.3 Å². The molecule has 1 aromatic carbocycles. The first kappa shape index (κ1) is 20.3. The second-order valence-corrected chi connectivity index (χ2v) is 9.31. The maximum Gasteiger partial charge on any atom is 0.227 e. The Balaban J connectivity index is 1.28. The minimum absolute atomic E-state index is 0.0586. The van der Waals surface area contributed by atoms with Gasteiger partial charge in [0, 0.05) is 44.8 Å². The molecule has 5 rings (SSSR count). The fourth-order valence-corrected chi connectivity index (χ4v) is 5.27. The number of nitrogens with zero attached hydrogens (tertiary/aromatic N) is 6. The molecule has 0 saturated carbocycles. The highest BCUT2D eigenvalue weighted by molar-refractivity contribution is 7.20. The van der Waals surface area contributed by atoms with Gasteiger partial charge in [-0.2, -0.15) is 0 Å². The van der Waals surface area contributed by atoms with Crippen LogP contribution in [0.5, 0.6) is 5.75 Å². The van der Waals surface area contributed by atoms with E-state index in [2.05, 4.69) is 16.8 Å². The fraction of sp³-hybridized carbons (Fsp3) is 0.500. The van der Waals surface area contributed by atoms with Crippen molar-refractivity contribution in [3.05, 3.63) is 30.5 Å². The highest BCUT2D eigenvalue weighted by atomic mass is 32.1. The second-order valence-electron chi connectivity index (χ2n) is 8.38. The number of methoxy groups -OCH3 is 1. The van der Waals surface area contributed by atoms with Crippen LogP contribution in [0.1, 0.15) is 12.8 Å². The summed E-state index contributed by atoms with van der Waals surface area (Å²) in [4.78, 5) is 25.3. The number of ether oxygens (including phenoxy) is 1. The summed E-state index contributed by atoms with van der Waals surface area (Å²) in [6, 6.07) is 7.89. The van der Waals surface area contributed by atoms with Crippen LogP contribution < -0.4 is 9.64 Å². The molecule has 9 heteroatoms. The highest BCUT2D eigenvalue weighted by Crippen LogP contribution is 2.30. The molecule has 164 valence electrons. The van der Waals surface area contributed by atoms with Crippen molar-refractivity contribution in [2.75, 3.05) is 58.3 Å². The summed E-state index contributed by atoms with van der Waals surface area (Å²) in [7, 11) is 3.78. The van der Waals surface area contributed by atoms with E-state index in [-0.39, 0.29) is 5.92 Å². The van der Waals surface area contributed by atoms with Gasteiger partial charge in [-0.05, 0) is 44.2 Å². The van der Waals surface area contributed by atoms with E-state index in [1.54, 1.807) is 18.4 Å². The Morgan fingerprint density at radius 1 is 1.13 bits per heavy atom. The number of carbonyl (C=O) groups is 1. The molecule has 31 heavy (non-hydrogen) atoms. The van der Waals surface area contributed by atoms with Gasteiger partial charge in [-0.25, -0.2) is 9.50 Å². The molecule has 0 aliphatic carbocycles. The Morgan fingerprint density at radius 2 is 1.90 bits per heavy atom. The molecular formula is C22H28N6O2S. The number of hydrogen-bond acceptors (Lipinski definition) is 7. The van der Waals surface area contributed by atoms with Gasteiger partial charge in [0.05, 0.1) is 24.9 Å². The average molecular weight is 441 g/mol. The maximum atomic E-state index is 13.0. The molecule has 0 N–H and O–H groups in total.